The Morgan fingerprint density at radius 3 is 2.50 bits per heavy atom. The van der Waals surface area contributed by atoms with Crippen LogP contribution in [0.3, 0.4) is 0 Å². The third kappa shape index (κ3) is 4.04. The van der Waals surface area contributed by atoms with Crippen LogP contribution in [0.5, 0.6) is 0 Å². The Labute approximate surface area is 138 Å². The van der Waals surface area contributed by atoms with Gasteiger partial charge in [0.1, 0.15) is 0 Å². The summed E-state index contributed by atoms with van der Waals surface area (Å²) in [5, 5.41) is 25.8. The molecule has 0 spiro atoms. The molecule has 0 saturated heterocycles. The Morgan fingerprint density at radius 2 is 1.88 bits per heavy atom. The van der Waals surface area contributed by atoms with E-state index in [0.29, 0.717) is 12.4 Å². The second-order valence-corrected chi connectivity index (χ2v) is 5.08. The molecule has 24 heavy (non-hydrogen) atoms. The molecule has 120 valence electrons. The quantitative estimate of drug-likeness (QED) is 0.603. The maximum atomic E-state index is 10.5. The van der Waals surface area contributed by atoms with Gasteiger partial charge in [0.2, 0.25) is 5.82 Å². The van der Waals surface area contributed by atoms with Crippen LogP contribution in [0, 0.1) is 0 Å². The highest BCUT2D eigenvalue weighted by Gasteiger charge is 2.02. The van der Waals surface area contributed by atoms with E-state index in [1.165, 1.54) is 0 Å². The Kier molecular flexibility index (Phi) is 4.62. The number of aliphatic carboxylic acids is 1. The van der Waals surface area contributed by atoms with Gasteiger partial charge in [-0.15, -0.1) is 10.2 Å². The minimum absolute atomic E-state index is 0.569. The fourth-order valence-corrected chi connectivity index (χ4v) is 2.14. The van der Waals surface area contributed by atoms with Crippen LogP contribution in [0.2, 0.25) is 0 Å². The zero-order chi connectivity index (χ0) is 16.8. The number of anilines is 1. The molecule has 3 rings (SSSR count). The second kappa shape index (κ2) is 7.19. The van der Waals surface area contributed by atoms with Crippen LogP contribution in [0.1, 0.15) is 11.1 Å². The van der Waals surface area contributed by atoms with Crippen molar-refractivity contribution in [3.8, 4) is 11.4 Å². The summed E-state index contributed by atoms with van der Waals surface area (Å²) >= 11 is 0. The maximum absolute atomic E-state index is 10.5. The number of aromatic amines is 1. The third-order valence-corrected chi connectivity index (χ3v) is 3.38. The van der Waals surface area contributed by atoms with Crippen molar-refractivity contribution < 1.29 is 9.90 Å². The van der Waals surface area contributed by atoms with Crippen LogP contribution in [0.25, 0.3) is 17.5 Å². The molecule has 0 amide bonds. The number of carboxylic acids is 1. The van der Waals surface area contributed by atoms with Crippen LogP contribution in [-0.2, 0) is 11.3 Å². The Balaban J connectivity index is 1.58. The average molecular weight is 321 g/mol. The predicted octanol–water partition coefficient (Wildman–Crippen LogP) is 2.58. The Morgan fingerprint density at radius 1 is 1.12 bits per heavy atom. The van der Waals surface area contributed by atoms with Crippen molar-refractivity contribution >= 4 is 17.7 Å². The predicted molar refractivity (Wildman–Crippen MR) is 90.1 cm³/mol. The first-order valence-electron chi connectivity index (χ1n) is 7.28. The molecule has 0 atom stereocenters. The Bertz CT molecular complexity index is 824. The summed E-state index contributed by atoms with van der Waals surface area (Å²) in [6.07, 6.45) is 2.68. The number of tetrazole rings is 1. The normalized spacial score (nSPS) is 10.8. The van der Waals surface area contributed by atoms with E-state index < -0.39 is 5.97 Å². The van der Waals surface area contributed by atoms with Gasteiger partial charge in [0, 0.05) is 23.9 Å². The van der Waals surface area contributed by atoms with E-state index in [4.69, 9.17) is 5.11 Å². The van der Waals surface area contributed by atoms with E-state index in [0.717, 1.165) is 28.5 Å². The fraction of sp³-hybridized carbons (Fsp3) is 0.0588. The summed E-state index contributed by atoms with van der Waals surface area (Å²) < 4.78 is 0. The SMILES string of the molecule is O=C(O)C=Cc1ccc(NCc2ccc(-c3nn[nH]n3)cc2)cc1. The summed E-state index contributed by atoms with van der Waals surface area (Å²) in [4.78, 5) is 10.5. The van der Waals surface area contributed by atoms with Gasteiger partial charge in [-0.1, -0.05) is 36.4 Å². The van der Waals surface area contributed by atoms with Crippen LogP contribution < -0.4 is 5.32 Å². The molecule has 7 nitrogen and oxygen atoms in total. The first-order chi connectivity index (χ1) is 11.7. The van der Waals surface area contributed by atoms with E-state index >= 15 is 0 Å². The van der Waals surface area contributed by atoms with Gasteiger partial charge in [-0.25, -0.2) is 4.79 Å². The number of hydrogen-bond donors (Lipinski definition) is 3. The van der Waals surface area contributed by atoms with Gasteiger partial charge in [-0.2, -0.15) is 5.21 Å². The van der Waals surface area contributed by atoms with Crippen molar-refractivity contribution in [1.82, 2.24) is 20.6 Å². The highest BCUT2D eigenvalue weighted by molar-refractivity contribution is 5.85. The maximum Gasteiger partial charge on any atom is 0.328 e. The fourth-order valence-electron chi connectivity index (χ4n) is 2.14. The molecule has 0 radical (unpaired) electrons. The van der Waals surface area contributed by atoms with Crippen molar-refractivity contribution in [2.24, 2.45) is 0 Å². The van der Waals surface area contributed by atoms with Gasteiger partial charge in [0.05, 0.1) is 0 Å². The van der Waals surface area contributed by atoms with Gasteiger partial charge in [0.25, 0.3) is 0 Å². The molecule has 0 fully saturated rings. The number of benzene rings is 2. The standard InChI is InChI=1S/C17H15N5O2/c23-16(24)10-5-12-3-8-15(9-4-12)18-11-13-1-6-14(7-2-13)17-19-21-22-20-17/h1-10,18H,11H2,(H,23,24)(H,19,20,21,22). The minimum atomic E-state index is -0.957. The molecular formula is C17H15N5O2. The zero-order valence-corrected chi connectivity index (χ0v) is 12.7. The van der Waals surface area contributed by atoms with Crippen LogP contribution >= 0.6 is 0 Å². The molecule has 2 aromatic carbocycles. The average Bonchev–Trinajstić information content (AvgIpc) is 3.14. The van der Waals surface area contributed by atoms with E-state index in [9.17, 15) is 4.79 Å². The van der Waals surface area contributed by atoms with E-state index in [1.54, 1.807) is 6.08 Å². The van der Waals surface area contributed by atoms with Crippen molar-refractivity contribution in [2.75, 3.05) is 5.32 Å². The highest BCUT2D eigenvalue weighted by atomic mass is 16.4. The van der Waals surface area contributed by atoms with Crippen LogP contribution in [-0.4, -0.2) is 31.7 Å². The molecule has 0 saturated carbocycles. The number of carbonyl (C=O) groups is 1. The van der Waals surface area contributed by atoms with E-state index in [2.05, 4.69) is 25.9 Å². The summed E-state index contributed by atoms with van der Waals surface area (Å²) in [7, 11) is 0. The minimum Gasteiger partial charge on any atom is -0.478 e. The van der Waals surface area contributed by atoms with Crippen LogP contribution in [0.4, 0.5) is 5.69 Å². The first-order valence-corrected chi connectivity index (χ1v) is 7.28. The second-order valence-electron chi connectivity index (χ2n) is 5.08. The van der Waals surface area contributed by atoms with E-state index in [-0.39, 0.29) is 0 Å². The summed E-state index contributed by atoms with van der Waals surface area (Å²) in [5.41, 5.74) is 3.83. The number of aromatic nitrogens is 4. The third-order valence-electron chi connectivity index (χ3n) is 3.38. The molecule has 0 aliphatic heterocycles. The molecule has 1 heterocycles. The number of hydrogen-bond acceptors (Lipinski definition) is 5. The van der Waals surface area contributed by atoms with E-state index in [1.807, 2.05) is 48.5 Å². The topological polar surface area (TPSA) is 104 Å². The molecule has 7 heteroatoms. The van der Waals surface area contributed by atoms with Crippen LogP contribution in [0.15, 0.2) is 54.6 Å². The smallest absolute Gasteiger partial charge is 0.328 e. The molecule has 3 aromatic rings. The van der Waals surface area contributed by atoms with Crippen molar-refractivity contribution in [2.45, 2.75) is 6.54 Å². The molecule has 1 aromatic heterocycles. The lowest BCUT2D eigenvalue weighted by atomic mass is 10.1. The molecule has 0 unspecified atom stereocenters. The summed E-state index contributed by atoms with van der Waals surface area (Å²) in [6.45, 7) is 0.677. The van der Waals surface area contributed by atoms with Gasteiger partial charge < -0.3 is 10.4 Å². The molecule has 3 N–H and O–H groups in total. The number of nitrogens with one attached hydrogen (secondary N) is 2. The molecule has 0 aliphatic rings. The van der Waals surface area contributed by atoms with Crippen molar-refractivity contribution in [3.63, 3.8) is 0 Å². The molecule has 0 aliphatic carbocycles. The first kappa shape index (κ1) is 15.4. The van der Waals surface area contributed by atoms with Gasteiger partial charge in [0.15, 0.2) is 0 Å². The number of rotatable bonds is 6. The number of nitrogens with zero attached hydrogens (tertiary/aromatic N) is 3. The molecule has 0 bridgehead atoms. The van der Waals surface area contributed by atoms with Crippen molar-refractivity contribution in [3.05, 3.63) is 65.7 Å². The largest absolute Gasteiger partial charge is 0.478 e. The van der Waals surface area contributed by atoms with Gasteiger partial charge in [-0.3, -0.25) is 0 Å². The zero-order valence-electron chi connectivity index (χ0n) is 12.7. The summed E-state index contributed by atoms with van der Waals surface area (Å²) in [5.74, 6) is -0.388. The van der Waals surface area contributed by atoms with Gasteiger partial charge in [-0.05, 0) is 34.5 Å². The lowest BCUT2D eigenvalue weighted by molar-refractivity contribution is -0.131. The van der Waals surface area contributed by atoms with Gasteiger partial charge >= 0.3 is 5.97 Å². The van der Waals surface area contributed by atoms with Crippen molar-refractivity contribution in [1.29, 1.82) is 0 Å². The lowest BCUT2D eigenvalue weighted by Gasteiger charge is -2.07. The highest BCUT2D eigenvalue weighted by Crippen LogP contribution is 2.16. The monoisotopic (exact) mass is 321 g/mol. The lowest BCUT2D eigenvalue weighted by Crippen LogP contribution is -1.99. The molecular weight excluding hydrogens is 306 g/mol. The number of carboxylic acid groups (broad SMARTS) is 1. The Hall–Kier alpha value is -3.48. The summed E-state index contributed by atoms with van der Waals surface area (Å²) in [6, 6.07) is 15.4. The number of H-pyrrole nitrogens is 1.